The van der Waals surface area contributed by atoms with Gasteiger partial charge in [0, 0.05) is 11.5 Å². The average Bonchev–Trinajstić information content (AvgIpc) is 2.55. The van der Waals surface area contributed by atoms with E-state index in [1.165, 1.54) is 7.11 Å². The van der Waals surface area contributed by atoms with Crippen molar-refractivity contribution in [2.24, 2.45) is 0 Å². The lowest BCUT2D eigenvalue weighted by Gasteiger charge is -2.49. The van der Waals surface area contributed by atoms with Crippen LogP contribution < -0.4 is 10.1 Å². The number of phenols is 1. The number of rotatable bonds is 2. The van der Waals surface area contributed by atoms with Gasteiger partial charge in [-0.1, -0.05) is 0 Å². The number of nitrogens with one attached hydrogen (secondary N) is 1. The fourth-order valence-electron chi connectivity index (χ4n) is 4.19. The van der Waals surface area contributed by atoms with Crippen LogP contribution in [0.15, 0.2) is 35.6 Å². The van der Waals surface area contributed by atoms with Gasteiger partial charge in [-0.05, 0) is 60.4 Å². The highest BCUT2D eigenvalue weighted by Gasteiger charge is 2.49. The molecule has 1 aliphatic heterocycles. The summed E-state index contributed by atoms with van der Waals surface area (Å²) in [4.78, 5) is 12.2. The maximum Gasteiger partial charge on any atom is 0.220 e. The molecule has 2 atom stereocenters. The molecule has 0 spiro atoms. The van der Waals surface area contributed by atoms with Gasteiger partial charge in [0.1, 0.15) is 0 Å². The van der Waals surface area contributed by atoms with Crippen LogP contribution in [0.25, 0.3) is 0 Å². The molecule has 1 aromatic carbocycles. The SMILES string of the molecule is COC1=C[C@@]23CCN[C@@H](Cc4cc(OC)c(O)cc42)C3=CC1=O. The number of hydrogen-bond acceptors (Lipinski definition) is 5. The molecule has 4 rings (SSSR count). The van der Waals surface area contributed by atoms with E-state index in [0.29, 0.717) is 11.5 Å². The van der Waals surface area contributed by atoms with Crippen molar-refractivity contribution in [3.8, 4) is 11.5 Å². The van der Waals surface area contributed by atoms with Crippen molar-refractivity contribution < 1.29 is 19.4 Å². The second-order valence-electron chi connectivity index (χ2n) is 6.29. The van der Waals surface area contributed by atoms with Gasteiger partial charge in [-0.25, -0.2) is 0 Å². The van der Waals surface area contributed by atoms with Crippen molar-refractivity contribution in [1.82, 2.24) is 5.32 Å². The van der Waals surface area contributed by atoms with E-state index in [2.05, 4.69) is 5.32 Å². The Hall–Kier alpha value is -2.27. The summed E-state index contributed by atoms with van der Waals surface area (Å²) in [6.07, 6.45) is 5.25. The Kier molecular flexibility index (Phi) is 3.03. The number of phenolic OH excluding ortho intramolecular Hbond substituents is 1. The van der Waals surface area contributed by atoms with E-state index in [-0.39, 0.29) is 23.0 Å². The fraction of sp³-hybridized carbons (Fsp3) is 0.389. The zero-order chi connectivity index (χ0) is 16.2. The summed E-state index contributed by atoms with van der Waals surface area (Å²) in [6, 6.07) is 3.81. The first-order chi connectivity index (χ1) is 11.1. The van der Waals surface area contributed by atoms with Gasteiger partial charge >= 0.3 is 0 Å². The highest BCUT2D eigenvalue weighted by atomic mass is 16.5. The number of hydrogen-bond donors (Lipinski definition) is 2. The first-order valence-corrected chi connectivity index (χ1v) is 7.76. The van der Waals surface area contributed by atoms with Crippen molar-refractivity contribution in [3.05, 3.63) is 46.7 Å². The van der Waals surface area contributed by atoms with Gasteiger partial charge in [0.25, 0.3) is 0 Å². The molecule has 5 nitrogen and oxygen atoms in total. The quantitative estimate of drug-likeness (QED) is 0.868. The van der Waals surface area contributed by atoms with E-state index in [0.717, 1.165) is 36.1 Å². The van der Waals surface area contributed by atoms with Gasteiger partial charge in [0.2, 0.25) is 5.78 Å². The smallest absolute Gasteiger partial charge is 0.220 e. The van der Waals surface area contributed by atoms with Gasteiger partial charge < -0.3 is 19.9 Å². The summed E-state index contributed by atoms with van der Waals surface area (Å²) in [5, 5.41) is 13.7. The number of ketones is 1. The molecule has 0 unspecified atom stereocenters. The molecular formula is C18H19NO4. The summed E-state index contributed by atoms with van der Waals surface area (Å²) in [7, 11) is 3.07. The lowest BCUT2D eigenvalue weighted by molar-refractivity contribution is -0.114. The molecule has 1 heterocycles. The first-order valence-electron chi connectivity index (χ1n) is 7.76. The number of carbonyl (C=O) groups excluding carboxylic acids is 1. The molecule has 1 aromatic rings. The molecule has 1 fully saturated rings. The van der Waals surface area contributed by atoms with Crippen molar-refractivity contribution in [3.63, 3.8) is 0 Å². The van der Waals surface area contributed by atoms with Crippen LogP contribution in [0.2, 0.25) is 0 Å². The number of carbonyl (C=O) groups is 1. The van der Waals surface area contributed by atoms with E-state index in [1.54, 1.807) is 19.3 Å². The molecule has 0 amide bonds. The van der Waals surface area contributed by atoms with Gasteiger partial charge in [-0.3, -0.25) is 4.79 Å². The Labute approximate surface area is 134 Å². The predicted molar refractivity (Wildman–Crippen MR) is 84.6 cm³/mol. The lowest BCUT2D eigenvalue weighted by Crippen LogP contribution is -2.53. The topological polar surface area (TPSA) is 67.8 Å². The third kappa shape index (κ3) is 1.86. The van der Waals surface area contributed by atoms with Crippen molar-refractivity contribution in [1.29, 1.82) is 0 Å². The van der Waals surface area contributed by atoms with Gasteiger partial charge in [0.15, 0.2) is 17.3 Å². The fourth-order valence-corrected chi connectivity index (χ4v) is 4.19. The van der Waals surface area contributed by atoms with Crippen molar-refractivity contribution >= 4 is 5.78 Å². The number of methoxy groups -OCH3 is 2. The summed E-state index contributed by atoms with van der Waals surface area (Å²) in [6.45, 7) is 0.857. The number of benzene rings is 1. The molecule has 0 radical (unpaired) electrons. The molecule has 1 saturated heterocycles. The zero-order valence-corrected chi connectivity index (χ0v) is 13.2. The second kappa shape index (κ2) is 4.86. The average molecular weight is 313 g/mol. The maximum absolute atomic E-state index is 12.2. The van der Waals surface area contributed by atoms with E-state index >= 15 is 0 Å². The summed E-state index contributed by atoms with van der Waals surface area (Å²) in [5.74, 6) is 0.889. The third-order valence-corrected chi connectivity index (χ3v) is 5.24. The normalized spacial score (nSPS) is 28.3. The highest BCUT2D eigenvalue weighted by Crippen LogP contribution is 2.51. The minimum absolute atomic E-state index is 0.0898. The standard InChI is InChI=1S/C18H19NO4/c1-22-16-6-10-5-13-12-8-15(21)17(23-2)9-18(12,3-4-19-13)11(10)7-14(16)20/h6-9,13,19-20H,3-5H2,1-2H3/t13-,18-/m0/s1. The molecule has 0 aromatic heterocycles. The van der Waals surface area contributed by atoms with Crippen LogP contribution in [0.4, 0.5) is 0 Å². The molecule has 120 valence electrons. The minimum Gasteiger partial charge on any atom is -0.504 e. The Bertz CT molecular complexity index is 765. The third-order valence-electron chi connectivity index (χ3n) is 5.24. The molecule has 0 saturated carbocycles. The van der Waals surface area contributed by atoms with Crippen LogP contribution in [0.5, 0.6) is 11.5 Å². The van der Waals surface area contributed by atoms with Crippen molar-refractivity contribution in [2.75, 3.05) is 20.8 Å². The minimum atomic E-state index is -0.382. The van der Waals surface area contributed by atoms with Crippen molar-refractivity contribution in [2.45, 2.75) is 24.3 Å². The van der Waals surface area contributed by atoms with Crippen LogP contribution in [0, 0.1) is 0 Å². The van der Waals surface area contributed by atoms with Gasteiger partial charge in [-0.15, -0.1) is 0 Å². The number of piperidine rings is 1. The number of allylic oxidation sites excluding steroid dienone is 2. The Morgan fingerprint density at radius 1 is 1.30 bits per heavy atom. The monoisotopic (exact) mass is 313 g/mol. The predicted octanol–water partition coefficient (Wildman–Crippen LogP) is 1.60. The zero-order valence-electron chi connectivity index (χ0n) is 13.2. The molecule has 2 aliphatic carbocycles. The second-order valence-corrected chi connectivity index (χ2v) is 6.29. The summed E-state index contributed by atoms with van der Waals surface area (Å²) < 4.78 is 10.5. The van der Waals surface area contributed by atoms with Crippen LogP contribution in [-0.4, -0.2) is 37.7 Å². The Morgan fingerprint density at radius 2 is 2.13 bits per heavy atom. The number of ether oxygens (including phenoxy) is 2. The molecule has 2 bridgehead atoms. The summed E-state index contributed by atoms with van der Waals surface area (Å²) >= 11 is 0. The lowest BCUT2D eigenvalue weighted by atomic mass is 9.59. The van der Waals surface area contributed by atoms with E-state index in [4.69, 9.17) is 9.47 Å². The Morgan fingerprint density at radius 3 is 2.87 bits per heavy atom. The molecule has 5 heteroatoms. The molecule has 3 aliphatic rings. The Balaban J connectivity index is 1.98. The van der Waals surface area contributed by atoms with Crippen LogP contribution >= 0.6 is 0 Å². The van der Waals surface area contributed by atoms with Crippen LogP contribution in [0.1, 0.15) is 17.5 Å². The van der Waals surface area contributed by atoms with Gasteiger partial charge in [0.05, 0.1) is 14.2 Å². The summed E-state index contributed by atoms with van der Waals surface area (Å²) in [5.41, 5.74) is 2.87. The number of fused-ring (bicyclic) bond motifs is 1. The van der Waals surface area contributed by atoms with E-state index < -0.39 is 0 Å². The maximum atomic E-state index is 12.2. The molecule has 2 N–H and O–H groups in total. The molecular weight excluding hydrogens is 294 g/mol. The highest BCUT2D eigenvalue weighted by molar-refractivity contribution is 6.05. The number of aromatic hydroxyl groups is 1. The largest absolute Gasteiger partial charge is 0.504 e. The van der Waals surface area contributed by atoms with E-state index in [1.807, 2.05) is 12.1 Å². The molecule has 23 heavy (non-hydrogen) atoms. The first kappa shape index (κ1) is 14.3. The van der Waals surface area contributed by atoms with Crippen LogP contribution in [-0.2, 0) is 21.4 Å². The van der Waals surface area contributed by atoms with E-state index in [9.17, 15) is 9.90 Å². The van der Waals surface area contributed by atoms with Gasteiger partial charge in [-0.2, -0.15) is 0 Å². The van der Waals surface area contributed by atoms with Crippen LogP contribution in [0.3, 0.4) is 0 Å².